The molecule has 0 aliphatic heterocycles. The smallest absolute Gasteiger partial charge is 0.237 e. The number of tetrazole rings is 1. The number of rotatable bonds is 7. The fourth-order valence-electron chi connectivity index (χ4n) is 2.53. The van der Waals surface area contributed by atoms with Crippen LogP contribution in [0.1, 0.15) is 19.4 Å². The molecule has 3 aromatic rings. The lowest BCUT2D eigenvalue weighted by Crippen LogP contribution is -2.23. The highest BCUT2D eigenvalue weighted by molar-refractivity contribution is 8.00. The zero-order chi connectivity index (χ0) is 19.2. The first kappa shape index (κ1) is 18.9. The third kappa shape index (κ3) is 4.46. The predicted molar refractivity (Wildman–Crippen MR) is 105 cm³/mol. The van der Waals surface area contributed by atoms with Crippen LogP contribution in [0.2, 0.25) is 0 Å². The summed E-state index contributed by atoms with van der Waals surface area (Å²) in [5.41, 5.74) is 2.74. The summed E-state index contributed by atoms with van der Waals surface area (Å²) in [5, 5.41) is 15.0. The molecule has 1 atom stereocenters. The van der Waals surface area contributed by atoms with Crippen LogP contribution in [0.25, 0.3) is 5.69 Å². The van der Waals surface area contributed by atoms with Crippen LogP contribution < -0.4 is 10.1 Å². The van der Waals surface area contributed by atoms with E-state index in [2.05, 4.69) is 27.8 Å². The van der Waals surface area contributed by atoms with Crippen molar-refractivity contribution in [1.29, 1.82) is 0 Å². The van der Waals surface area contributed by atoms with Crippen LogP contribution in [0.15, 0.2) is 53.7 Å². The number of aromatic nitrogens is 4. The lowest BCUT2D eigenvalue weighted by atomic mass is 10.1. The molecule has 0 bridgehead atoms. The minimum atomic E-state index is -0.363. The quantitative estimate of drug-likeness (QED) is 0.630. The van der Waals surface area contributed by atoms with Crippen LogP contribution in [-0.2, 0) is 11.2 Å². The van der Waals surface area contributed by atoms with Gasteiger partial charge in [-0.3, -0.25) is 4.79 Å². The maximum Gasteiger partial charge on any atom is 0.237 e. The second-order valence-electron chi connectivity index (χ2n) is 5.83. The number of ether oxygens (including phenoxy) is 1. The van der Waals surface area contributed by atoms with Gasteiger partial charge in [-0.1, -0.05) is 36.9 Å². The molecule has 1 amide bonds. The number of nitrogens with zero attached hydrogens (tertiary/aromatic N) is 4. The van der Waals surface area contributed by atoms with E-state index in [0.717, 1.165) is 29.1 Å². The minimum absolute atomic E-state index is 0.0924. The molecule has 0 aliphatic carbocycles. The van der Waals surface area contributed by atoms with Crippen LogP contribution in [0.3, 0.4) is 0 Å². The van der Waals surface area contributed by atoms with Gasteiger partial charge in [-0.25, -0.2) is 0 Å². The molecule has 0 aliphatic rings. The van der Waals surface area contributed by atoms with E-state index in [1.54, 1.807) is 11.8 Å². The van der Waals surface area contributed by atoms with Crippen molar-refractivity contribution in [1.82, 2.24) is 20.2 Å². The van der Waals surface area contributed by atoms with Crippen molar-refractivity contribution in [3.05, 3.63) is 54.1 Å². The maximum absolute atomic E-state index is 12.6. The average Bonchev–Trinajstić information content (AvgIpc) is 3.16. The van der Waals surface area contributed by atoms with E-state index in [9.17, 15) is 4.79 Å². The van der Waals surface area contributed by atoms with E-state index in [1.807, 2.05) is 55.5 Å². The number of thioether (sulfide) groups is 1. The Balaban J connectivity index is 1.71. The maximum atomic E-state index is 12.6. The molecule has 1 aromatic heterocycles. The van der Waals surface area contributed by atoms with Crippen molar-refractivity contribution >= 4 is 23.4 Å². The summed E-state index contributed by atoms with van der Waals surface area (Å²) in [7, 11) is 1.62. The molecule has 0 saturated heterocycles. The summed E-state index contributed by atoms with van der Waals surface area (Å²) in [5.74, 6) is 0.661. The van der Waals surface area contributed by atoms with Crippen molar-refractivity contribution < 1.29 is 9.53 Å². The average molecular weight is 383 g/mol. The molecule has 2 aromatic carbocycles. The Morgan fingerprint density at radius 3 is 2.67 bits per heavy atom. The number of methoxy groups -OCH3 is 1. The van der Waals surface area contributed by atoms with Gasteiger partial charge in [0.05, 0.1) is 18.0 Å². The third-order valence-corrected chi connectivity index (χ3v) is 5.10. The first-order valence-corrected chi connectivity index (χ1v) is 9.48. The Labute approximate surface area is 162 Å². The van der Waals surface area contributed by atoms with Gasteiger partial charge in [0.25, 0.3) is 0 Å². The zero-order valence-electron chi connectivity index (χ0n) is 15.4. The van der Waals surface area contributed by atoms with Crippen LogP contribution in [0.5, 0.6) is 5.75 Å². The number of anilines is 1. The van der Waals surface area contributed by atoms with E-state index >= 15 is 0 Å². The molecule has 7 nitrogen and oxygen atoms in total. The topological polar surface area (TPSA) is 81.9 Å². The molecule has 1 heterocycles. The molecular formula is C19H21N5O2S. The molecule has 1 N–H and O–H groups in total. The Kier molecular flexibility index (Phi) is 6.08. The molecule has 27 heavy (non-hydrogen) atoms. The van der Waals surface area contributed by atoms with E-state index in [-0.39, 0.29) is 11.2 Å². The van der Waals surface area contributed by atoms with Crippen molar-refractivity contribution in [2.75, 3.05) is 12.4 Å². The molecule has 1 unspecified atom stereocenters. The van der Waals surface area contributed by atoms with Gasteiger partial charge in [-0.15, -0.1) is 5.10 Å². The highest BCUT2D eigenvalue weighted by Crippen LogP contribution is 2.25. The molecule has 0 fully saturated rings. The number of carbonyl (C=O) groups is 1. The van der Waals surface area contributed by atoms with Gasteiger partial charge in [-0.05, 0) is 59.7 Å². The largest absolute Gasteiger partial charge is 0.497 e. The van der Waals surface area contributed by atoms with Crippen molar-refractivity contribution in [2.24, 2.45) is 0 Å². The number of para-hydroxylation sites is 1. The van der Waals surface area contributed by atoms with E-state index < -0.39 is 0 Å². The minimum Gasteiger partial charge on any atom is -0.497 e. The van der Waals surface area contributed by atoms with E-state index in [4.69, 9.17) is 4.74 Å². The number of hydrogen-bond donors (Lipinski definition) is 1. The van der Waals surface area contributed by atoms with Crippen molar-refractivity contribution in [2.45, 2.75) is 30.7 Å². The molecule has 0 saturated carbocycles. The zero-order valence-corrected chi connectivity index (χ0v) is 16.2. The molecule has 140 valence electrons. The highest BCUT2D eigenvalue weighted by atomic mass is 32.2. The van der Waals surface area contributed by atoms with Gasteiger partial charge in [-0.2, -0.15) is 4.68 Å². The van der Waals surface area contributed by atoms with Gasteiger partial charge in [0.2, 0.25) is 11.1 Å². The summed E-state index contributed by atoms with van der Waals surface area (Å²) in [6.45, 7) is 3.90. The first-order valence-electron chi connectivity index (χ1n) is 8.60. The molecule has 0 spiro atoms. The van der Waals surface area contributed by atoms with Gasteiger partial charge >= 0.3 is 0 Å². The second kappa shape index (κ2) is 8.68. The van der Waals surface area contributed by atoms with Gasteiger partial charge in [0, 0.05) is 5.69 Å². The summed E-state index contributed by atoms with van der Waals surface area (Å²) >= 11 is 1.31. The second-order valence-corrected chi connectivity index (χ2v) is 7.14. The summed E-state index contributed by atoms with van der Waals surface area (Å²) < 4.78 is 6.77. The van der Waals surface area contributed by atoms with E-state index in [1.165, 1.54) is 11.8 Å². The van der Waals surface area contributed by atoms with Gasteiger partial charge in [0.15, 0.2) is 0 Å². The molecular weight excluding hydrogens is 362 g/mol. The van der Waals surface area contributed by atoms with Gasteiger partial charge < -0.3 is 10.1 Å². The Morgan fingerprint density at radius 2 is 1.96 bits per heavy atom. The molecule has 8 heteroatoms. The highest BCUT2D eigenvalue weighted by Gasteiger charge is 2.20. The van der Waals surface area contributed by atoms with Crippen LogP contribution in [0.4, 0.5) is 5.69 Å². The Morgan fingerprint density at radius 1 is 1.22 bits per heavy atom. The third-order valence-electron chi connectivity index (χ3n) is 4.07. The fraction of sp³-hybridized carbons (Fsp3) is 0.263. The summed E-state index contributed by atoms with van der Waals surface area (Å²) in [4.78, 5) is 12.6. The van der Waals surface area contributed by atoms with Crippen molar-refractivity contribution in [3.63, 3.8) is 0 Å². The first-order chi connectivity index (χ1) is 13.1. The molecule has 0 radical (unpaired) electrons. The number of aryl methyl sites for hydroxylation is 1. The number of amides is 1. The summed E-state index contributed by atoms with van der Waals surface area (Å²) in [6, 6.07) is 15.2. The number of nitrogens with one attached hydrogen (secondary N) is 1. The van der Waals surface area contributed by atoms with Crippen LogP contribution in [0, 0.1) is 0 Å². The lowest BCUT2D eigenvalue weighted by molar-refractivity contribution is -0.115. The Bertz CT molecular complexity index is 910. The Hall–Kier alpha value is -2.87. The SMILES string of the molecule is CCc1ccccc1NC(=O)C(C)Sc1nnnn1-c1ccc(OC)cc1. The van der Waals surface area contributed by atoms with Crippen LogP contribution >= 0.6 is 11.8 Å². The monoisotopic (exact) mass is 383 g/mol. The fourth-order valence-corrected chi connectivity index (χ4v) is 3.34. The van der Waals surface area contributed by atoms with Crippen LogP contribution in [-0.4, -0.2) is 38.5 Å². The lowest BCUT2D eigenvalue weighted by Gasteiger charge is -2.14. The number of carbonyl (C=O) groups excluding carboxylic acids is 1. The predicted octanol–water partition coefficient (Wildman–Crippen LogP) is 3.35. The normalized spacial score (nSPS) is 11.8. The number of hydrogen-bond acceptors (Lipinski definition) is 6. The van der Waals surface area contributed by atoms with Crippen molar-refractivity contribution in [3.8, 4) is 11.4 Å². The number of benzene rings is 2. The summed E-state index contributed by atoms with van der Waals surface area (Å²) in [6.07, 6.45) is 0.855. The van der Waals surface area contributed by atoms with E-state index in [0.29, 0.717) is 5.16 Å². The van der Waals surface area contributed by atoms with Gasteiger partial charge in [0.1, 0.15) is 5.75 Å². The standard InChI is InChI=1S/C19H21N5O2S/c1-4-14-7-5-6-8-17(14)20-18(25)13(2)27-19-21-22-23-24(19)15-9-11-16(26-3)12-10-15/h5-13H,4H2,1-3H3,(H,20,25). The molecule has 3 rings (SSSR count).